The molecule has 2 N–H and O–H groups in total. The van der Waals surface area contributed by atoms with E-state index in [4.69, 9.17) is 37.8 Å². The van der Waals surface area contributed by atoms with E-state index in [1.165, 1.54) is 7.11 Å². The van der Waals surface area contributed by atoms with Crippen molar-refractivity contribution >= 4 is 51.8 Å². The second-order valence-corrected chi connectivity index (χ2v) is 9.29. The van der Waals surface area contributed by atoms with Crippen LogP contribution in [0.1, 0.15) is 35.7 Å². The lowest BCUT2D eigenvalue weighted by atomic mass is 10.0. The summed E-state index contributed by atoms with van der Waals surface area (Å²) in [7, 11) is 1.35. The van der Waals surface area contributed by atoms with E-state index < -0.39 is 36.1 Å². The van der Waals surface area contributed by atoms with Crippen molar-refractivity contribution < 1.29 is 29.0 Å². The smallest absolute Gasteiger partial charge is 0.338 e. The summed E-state index contributed by atoms with van der Waals surface area (Å²) >= 11 is 12.2. The molecule has 0 saturated heterocycles. The standard InChI is InChI=1S/C27H27Cl2NO6/c1-16(30-25(31)14-21(35-2)15-26(32)33)24(12-17-7-10-22(28)23(29)11-17)36-27(34)20-9-8-18-5-3-4-6-19(18)13-20/h3-11,13,16,21,24H,12,14-15H2,1-2H3,(H,30,31)(H,32,33)/t16-,21?,24-/m0/s1. The number of esters is 1. The number of amides is 1. The second kappa shape index (κ2) is 12.7. The number of aliphatic carboxylic acids is 1. The topological polar surface area (TPSA) is 102 Å². The van der Waals surface area contributed by atoms with Crippen LogP contribution in [0.2, 0.25) is 10.0 Å². The molecular formula is C27H27Cl2NO6. The molecule has 0 aromatic heterocycles. The summed E-state index contributed by atoms with van der Waals surface area (Å²) in [5, 5.41) is 14.4. The van der Waals surface area contributed by atoms with Crippen LogP contribution in [0.5, 0.6) is 0 Å². The Morgan fingerprint density at radius 1 is 0.944 bits per heavy atom. The second-order valence-electron chi connectivity index (χ2n) is 8.47. The van der Waals surface area contributed by atoms with Crippen LogP contribution >= 0.6 is 23.2 Å². The van der Waals surface area contributed by atoms with E-state index in [2.05, 4.69) is 5.32 Å². The van der Waals surface area contributed by atoms with Crippen molar-refractivity contribution in [3.8, 4) is 0 Å². The molecule has 0 fully saturated rings. The number of halogens is 2. The van der Waals surface area contributed by atoms with E-state index in [-0.39, 0.29) is 19.3 Å². The number of hydrogen-bond acceptors (Lipinski definition) is 5. The Bertz CT molecular complexity index is 1250. The quantitative estimate of drug-likeness (QED) is 0.325. The summed E-state index contributed by atoms with van der Waals surface area (Å²) in [6, 6.07) is 17.5. The number of benzene rings is 3. The van der Waals surface area contributed by atoms with Crippen molar-refractivity contribution in [1.82, 2.24) is 5.32 Å². The maximum Gasteiger partial charge on any atom is 0.338 e. The van der Waals surface area contributed by atoms with Gasteiger partial charge >= 0.3 is 11.9 Å². The Labute approximate surface area is 219 Å². The number of fused-ring (bicyclic) bond motifs is 1. The number of carboxylic acid groups (broad SMARTS) is 1. The SMILES string of the molecule is COC(CC(=O)O)CC(=O)N[C@@H](C)[C@H](Cc1ccc(Cl)c(Cl)c1)OC(=O)c1ccc2ccccc2c1. The van der Waals surface area contributed by atoms with Gasteiger partial charge in [-0.05, 0) is 47.5 Å². The molecule has 0 aliphatic rings. The number of carbonyl (C=O) groups excluding carboxylic acids is 2. The van der Waals surface area contributed by atoms with Gasteiger partial charge in [-0.2, -0.15) is 0 Å². The highest BCUT2D eigenvalue weighted by Gasteiger charge is 2.26. The van der Waals surface area contributed by atoms with Gasteiger partial charge in [0, 0.05) is 13.5 Å². The molecule has 190 valence electrons. The van der Waals surface area contributed by atoms with Gasteiger partial charge in [-0.25, -0.2) is 4.79 Å². The molecule has 36 heavy (non-hydrogen) atoms. The molecule has 0 bridgehead atoms. The van der Waals surface area contributed by atoms with Gasteiger partial charge in [0.25, 0.3) is 0 Å². The first kappa shape index (κ1) is 27.5. The maximum absolute atomic E-state index is 13.1. The molecular weight excluding hydrogens is 505 g/mol. The highest BCUT2D eigenvalue weighted by atomic mass is 35.5. The largest absolute Gasteiger partial charge is 0.481 e. The molecule has 3 aromatic rings. The minimum absolute atomic E-state index is 0.148. The molecule has 7 nitrogen and oxygen atoms in total. The van der Waals surface area contributed by atoms with Gasteiger partial charge in [0.05, 0.1) is 40.6 Å². The van der Waals surface area contributed by atoms with Crippen LogP contribution in [-0.2, 0) is 25.5 Å². The number of carboxylic acids is 1. The third kappa shape index (κ3) is 7.68. The van der Waals surface area contributed by atoms with E-state index in [9.17, 15) is 14.4 Å². The van der Waals surface area contributed by atoms with Gasteiger partial charge in [0.1, 0.15) is 6.10 Å². The van der Waals surface area contributed by atoms with Gasteiger partial charge in [-0.1, -0.05) is 59.6 Å². The van der Waals surface area contributed by atoms with Crippen molar-refractivity contribution in [2.75, 3.05) is 7.11 Å². The van der Waals surface area contributed by atoms with E-state index in [0.29, 0.717) is 15.6 Å². The average molecular weight is 532 g/mol. The molecule has 1 unspecified atom stereocenters. The van der Waals surface area contributed by atoms with Crippen molar-refractivity contribution in [2.45, 2.75) is 44.4 Å². The van der Waals surface area contributed by atoms with Gasteiger partial charge in [-0.15, -0.1) is 0 Å². The molecule has 0 saturated carbocycles. The van der Waals surface area contributed by atoms with Crippen LogP contribution in [0.15, 0.2) is 60.7 Å². The molecule has 3 atom stereocenters. The van der Waals surface area contributed by atoms with Crippen LogP contribution in [0, 0.1) is 0 Å². The highest BCUT2D eigenvalue weighted by molar-refractivity contribution is 6.42. The Morgan fingerprint density at radius 3 is 2.33 bits per heavy atom. The Kier molecular flexibility index (Phi) is 9.70. The normalized spacial score (nSPS) is 13.6. The summed E-state index contributed by atoms with van der Waals surface area (Å²) in [6.45, 7) is 1.72. The van der Waals surface area contributed by atoms with Gasteiger partial charge in [0.15, 0.2) is 0 Å². The predicted molar refractivity (Wildman–Crippen MR) is 139 cm³/mol. The lowest BCUT2D eigenvalue weighted by molar-refractivity contribution is -0.140. The monoisotopic (exact) mass is 531 g/mol. The molecule has 1 amide bonds. The fourth-order valence-electron chi connectivity index (χ4n) is 3.79. The number of carbonyl (C=O) groups is 3. The minimum Gasteiger partial charge on any atom is -0.481 e. The van der Waals surface area contributed by atoms with Crippen molar-refractivity contribution in [3.63, 3.8) is 0 Å². The average Bonchev–Trinajstić information content (AvgIpc) is 2.84. The molecule has 0 spiro atoms. The number of rotatable bonds is 11. The fraction of sp³-hybridized carbons (Fsp3) is 0.296. The van der Waals surface area contributed by atoms with E-state index in [1.54, 1.807) is 37.3 Å². The Hall–Kier alpha value is -3.13. The van der Waals surface area contributed by atoms with Crippen molar-refractivity contribution in [2.24, 2.45) is 0 Å². The number of hydrogen-bond donors (Lipinski definition) is 2. The van der Waals surface area contributed by atoms with Crippen LogP contribution in [0.4, 0.5) is 0 Å². The van der Waals surface area contributed by atoms with Crippen LogP contribution in [0.25, 0.3) is 10.8 Å². The number of methoxy groups -OCH3 is 1. The molecule has 3 rings (SSSR count). The summed E-state index contributed by atoms with van der Waals surface area (Å²) in [5.41, 5.74) is 1.15. The third-order valence-electron chi connectivity index (χ3n) is 5.76. The first-order chi connectivity index (χ1) is 17.2. The molecule has 3 aromatic carbocycles. The highest BCUT2D eigenvalue weighted by Crippen LogP contribution is 2.24. The van der Waals surface area contributed by atoms with E-state index in [1.807, 2.05) is 30.3 Å². The van der Waals surface area contributed by atoms with Gasteiger partial charge in [0.2, 0.25) is 5.91 Å². The molecule has 0 radical (unpaired) electrons. The minimum atomic E-state index is -1.07. The van der Waals surface area contributed by atoms with Crippen LogP contribution in [-0.4, -0.2) is 48.3 Å². The van der Waals surface area contributed by atoms with E-state index in [0.717, 1.165) is 16.3 Å². The maximum atomic E-state index is 13.1. The molecule has 9 heteroatoms. The zero-order valence-corrected chi connectivity index (χ0v) is 21.4. The summed E-state index contributed by atoms with van der Waals surface area (Å²) in [4.78, 5) is 36.7. The fourth-order valence-corrected chi connectivity index (χ4v) is 4.11. The van der Waals surface area contributed by atoms with Gasteiger partial charge < -0.3 is 19.9 Å². The lowest BCUT2D eigenvalue weighted by Gasteiger charge is -2.26. The Balaban J connectivity index is 1.78. The Morgan fingerprint density at radius 2 is 1.67 bits per heavy atom. The zero-order valence-electron chi connectivity index (χ0n) is 19.9. The summed E-state index contributed by atoms with van der Waals surface area (Å²) in [5.74, 6) is -2.02. The first-order valence-corrected chi connectivity index (χ1v) is 12.1. The number of ether oxygens (including phenoxy) is 2. The predicted octanol–water partition coefficient (Wildman–Crippen LogP) is 5.30. The lowest BCUT2D eigenvalue weighted by Crippen LogP contribution is -2.45. The number of nitrogens with one attached hydrogen (secondary N) is 1. The summed E-state index contributed by atoms with van der Waals surface area (Å²) in [6.07, 6.45) is -1.71. The van der Waals surface area contributed by atoms with Crippen molar-refractivity contribution in [1.29, 1.82) is 0 Å². The summed E-state index contributed by atoms with van der Waals surface area (Å²) < 4.78 is 11.0. The molecule has 0 heterocycles. The third-order valence-corrected chi connectivity index (χ3v) is 6.50. The van der Waals surface area contributed by atoms with Gasteiger partial charge in [-0.3, -0.25) is 9.59 Å². The molecule has 0 aliphatic heterocycles. The first-order valence-electron chi connectivity index (χ1n) is 11.3. The molecule has 0 aliphatic carbocycles. The van der Waals surface area contributed by atoms with Crippen LogP contribution < -0.4 is 5.32 Å². The van der Waals surface area contributed by atoms with Crippen molar-refractivity contribution in [3.05, 3.63) is 81.8 Å². The van der Waals surface area contributed by atoms with E-state index >= 15 is 0 Å². The zero-order chi connectivity index (χ0) is 26.2. The van der Waals surface area contributed by atoms with Crippen LogP contribution in [0.3, 0.4) is 0 Å².